The van der Waals surface area contributed by atoms with Crippen molar-refractivity contribution in [2.24, 2.45) is 5.92 Å². The largest absolute Gasteiger partial charge is 0.287 e. The van der Waals surface area contributed by atoms with Gasteiger partial charge in [-0.1, -0.05) is 50.3 Å². The van der Waals surface area contributed by atoms with E-state index in [1.807, 2.05) is 44.2 Å². The van der Waals surface area contributed by atoms with Crippen molar-refractivity contribution in [1.82, 2.24) is 0 Å². The van der Waals surface area contributed by atoms with Crippen LogP contribution in [0.15, 0.2) is 48.3 Å². The number of carbonyl (C=O) groups excluding carboxylic acids is 1. The standard InChI is InChI=1S/C14H15FO/c1-11(2)10-13(15)14(16)9-8-12-6-4-3-5-7-12/h3-11H,1-2H3. The molecule has 2 heteroatoms. The lowest BCUT2D eigenvalue weighted by atomic mass is 10.1. The van der Waals surface area contributed by atoms with Crippen molar-refractivity contribution in [3.63, 3.8) is 0 Å². The topological polar surface area (TPSA) is 17.1 Å². The Kier molecular flexibility index (Phi) is 4.65. The van der Waals surface area contributed by atoms with Crippen molar-refractivity contribution in [2.45, 2.75) is 13.8 Å². The Hall–Kier alpha value is -1.70. The second-order valence-electron chi connectivity index (χ2n) is 3.87. The molecule has 0 aliphatic carbocycles. The van der Waals surface area contributed by atoms with Crippen LogP contribution < -0.4 is 0 Å². The lowest BCUT2D eigenvalue weighted by Crippen LogP contribution is -1.95. The van der Waals surface area contributed by atoms with Gasteiger partial charge in [-0.15, -0.1) is 0 Å². The van der Waals surface area contributed by atoms with Gasteiger partial charge in [-0.05, 0) is 23.6 Å². The predicted octanol–water partition coefficient (Wildman–Crippen LogP) is 3.78. The van der Waals surface area contributed by atoms with E-state index in [0.717, 1.165) is 5.56 Å². The van der Waals surface area contributed by atoms with Gasteiger partial charge in [0.1, 0.15) is 0 Å². The Labute approximate surface area is 95.3 Å². The van der Waals surface area contributed by atoms with Gasteiger partial charge in [0.15, 0.2) is 5.83 Å². The molecule has 84 valence electrons. The summed E-state index contributed by atoms with van der Waals surface area (Å²) in [6.45, 7) is 3.65. The fourth-order valence-corrected chi connectivity index (χ4v) is 1.19. The predicted molar refractivity (Wildman–Crippen MR) is 64.5 cm³/mol. The molecule has 0 saturated heterocycles. The van der Waals surface area contributed by atoms with E-state index in [2.05, 4.69) is 0 Å². The van der Waals surface area contributed by atoms with Gasteiger partial charge in [0.25, 0.3) is 0 Å². The lowest BCUT2D eigenvalue weighted by Gasteiger charge is -1.95. The zero-order valence-electron chi connectivity index (χ0n) is 9.48. The number of carbonyl (C=O) groups is 1. The highest BCUT2D eigenvalue weighted by molar-refractivity contribution is 6.04. The van der Waals surface area contributed by atoms with Crippen molar-refractivity contribution < 1.29 is 9.18 Å². The molecular formula is C14H15FO. The third-order valence-corrected chi connectivity index (χ3v) is 1.94. The number of benzene rings is 1. The first-order valence-corrected chi connectivity index (χ1v) is 5.24. The van der Waals surface area contributed by atoms with E-state index in [-0.39, 0.29) is 5.92 Å². The summed E-state index contributed by atoms with van der Waals surface area (Å²) in [5.74, 6) is -1.24. The second-order valence-corrected chi connectivity index (χ2v) is 3.87. The van der Waals surface area contributed by atoms with Gasteiger partial charge in [-0.25, -0.2) is 4.39 Å². The monoisotopic (exact) mass is 218 g/mol. The minimum atomic E-state index is -0.692. The van der Waals surface area contributed by atoms with Crippen LogP contribution >= 0.6 is 0 Å². The van der Waals surface area contributed by atoms with E-state index in [0.29, 0.717) is 0 Å². The molecule has 0 N–H and O–H groups in total. The Balaban J connectivity index is 2.68. The molecule has 1 aromatic rings. The molecule has 0 aliphatic heterocycles. The molecule has 0 radical (unpaired) electrons. The third-order valence-electron chi connectivity index (χ3n) is 1.94. The van der Waals surface area contributed by atoms with E-state index in [1.165, 1.54) is 12.2 Å². The highest BCUT2D eigenvalue weighted by atomic mass is 19.1. The van der Waals surface area contributed by atoms with Crippen LogP contribution in [0, 0.1) is 5.92 Å². The number of rotatable bonds is 4. The Morgan fingerprint density at radius 1 is 1.25 bits per heavy atom. The Morgan fingerprint density at radius 2 is 1.88 bits per heavy atom. The van der Waals surface area contributed by atoms with E-state index in [1.54, 1.807) is 6.08 Å². The summed E-state index contributed by atoms with van der Waals surface area (Å²) in [6, 6.07) is 9.33. The number of halogens is 1. The summed E-state index contributed by atoms with van der Waals surface area (Å²) in [5, 5.41) is 0. The van der Waals surface area contributed by atoms with Gasteiger partial charge in [0.2, 0.25) is 5.78 Å². The van der Waals surface area contributed by atoms with Crippen LogP contribution in [0.1, 0.15) is 19.4 Å². The fraction of sp³-hybridized carbons (Fsp3) is 0.214. The maximum absolute atomic E-state index is 13.2. The SMILES string of the molecule is CC(C)C=C(F)C(=O)C=Cc1ccccc1. The summed E-state index contributed by atoms with van der Waals surface area (Å²) in [5.41, 5.74) is 0.883. The fourth-order valence-electron chi connectivity index (χ4n) is 1.19. The van der Waals surface area contributed by atoms with Crippen LogP contribution in [0.2, 0.25) is 0 Å². The molecular weight excluding hydrogens is 203 g/mol. The van der Waals surface area contributed by atoms with Crippen LogP contribution in [0.25, 0.3) is 6.08 Å². The Morgan fingerprint density at radius 3 is 2.44 bits per heavy atom. The first-order valence-electron chi connectivity index (χ1n) is 5.24. The van der Waals surface area contributed by atoms with Crippen molar-refractivity contribution >= 4 is 11.9 Å². The molecule has 0 spiro atoms. The quantitative estimate of drug-likeness (QED) is 0.703. The van der Waals surface area contributed by atoms with Crippen molar-refractivity contribution in [2.75, 3.05) is 0 Å². The number of hydrogen-bond donors (Lipinski definition) is 0. The summed E-state index contributed by atoms with van der Waals surface area (Å²) in [6.07, 6.45) is 4.18. The van der Waals surface area contributed by atoms with Crippen molar-refractivity contribution in [3.05, 3.63) is 53.9 Å². The normalized spacial score (nSPS) is 12.4. The number of hydrogen-bond acceptors (Lipinski definition) is 1. The molecule has 0 saturated carbocycles. The first kappa shape index (κ1) is 12.4. The molecule has 1 nitrogen and oxygen atoms in total. The van der Waals surface area contributed by atoms with Gasteiger partial charge < -0.3 is 0 Å². The van der Waals surface area contributed by atoms with Gasteiger partial charge in [0, 0.05) is 0 Å². The zero-order valence-corrected chi connectivity index (χ0v) is 9.48. The third kappa shape index (κ3) is 4.22. The molecule has 0 amide bonds. The zero-order chi connectivity index (χ0) is 12.0. The first-order chi connectivity index (χ1) is 7.59. The molecule has 0 fully saturated rings. The highest BCUT2D eigenvalue weighted by Gasteiger charge is 2.04. The Bertz CT molecular complexity index is 402. The molecule has 0 aromatic heterocycles. The van der Waals surface area contributed by atoms with E-state index in [9.17, 15) is 9.18 Å². The summed E-state index contributed by atoms with van der Waals surface area (Å²) in [7, 11) is 0. The molecule has 1 aromatic carbocycles. The van der Waals surface area contributed by atoms with Crippen LogP contribution in [0.4, 0.5) is 4.39 Å². The maximum atomic E-state index is 13.2. The van der Waals surface area contributed by atoms with Crippen LogP contribution in [-0.2, 0) is 4.79 Å². The van der Waals surface area contributed by atoms with Crippen LogP contribution in [0.3, 0.4) is 0 Å². The average Bonchev–Trinajstić information content (AvgIpc) is 2.26. The van der Waals surface area contributed by atoms with Gasteiger partial charge in [0.05, 0.1) is 0 Å². The minimum Gasteiger partial charge on any atom is -0.287 e. The average molecular weight is 218 g/mol. The van der Waals surface area contributed by atoms with Gasteiger partial charge in [-0.3, -0.25) is 4.79 Å². The molecule has 0 bridgehead atoms. The summed E-state index contributed by atoms with van der Waals surface area (Å²) in [4.78, 5) is 11.3. The lowest BCUT2D eigenvalue weighted by molar-refractivity contribution is -0.112. The molecule has 0 atom stereocenters. The minimum absolute atomic E-state index is 0.0362. The van der Waals surface area contributed by atoms with Gasteiger partial charge >= 0.3 is 0 Å². The van der Waals surface area contributed by atoms with E-state index < -0.39 is 11.6 Å². The molecule has 0 heterocycles. The molecule has 16 heavy (non-hydrogen) atoms. The van der Waals surface area contributed by atoms with Crippen molar-refractivity contribution in [3.8, 4) is 0 Å². The van der Waals surface area contributed by atoms with Gasteiger partial charge in [-0.2, -0.15) is 0 Å². The van der Waals surface area contributed by atoms with E-state index in [4.69, 9.17) is 0 Å². The summed E-state index contributed by atoms with van der Waals surface area (Å²) >= 11 is 0. The molecule has 1 rings (SSSR count). The van der Waals surface area contributed by atoms with Crippen LogP contribution in [0.5, 0.6) is 0 Å². The van der Waals surface area contributed by atoms with Crippen molar-refractivity contribution in [1.29, 1.82) is 0 Å². The summed E-state index contributed by atoms with van der Waals surface area (Å²) < 4.78 is 13.2. The highest BCUT2D eigenvalue weighted by Crippen LogP contribution is 2.07. The van der Waals surface area contributed by atoms with E-state index >= 15 is 0 Å². The molecule has 0 aliphatic rings. The second kappa shape index (κ2) is 6.01. The maximum Gasteiger partial charge on any atom is 0.213 e. The molecule has 0 unspecified atom stereocenters. The van der Waals surface area contributed by atoms with Crippen LogP contribution in [-0.4, -0.2) is 5.78 Å². The number of allylic oxidation sites excluding steroid dienone is 3. The number of ketones is 1. The smallest absolute Gasteiger partial charge is 0.213 e.